The molecule has 1 unspecified atom stereocenters. The van der Waals surface area contributed by atoms with Crippen molar-refractivity contribution >= 4 is 11.9 Å². The van der Waals surface area contributed by atoms with Crippen molar-refractivity contribution in [2.75, 3.05) is 32.7 Å². The van der Waals surface area contributed by atoms with Crippen LogP contribution in [0, 0.1) is 0 Å². The third-order valence-electron chi connectivity index (χ3n) is 6.50. The van der Waals surface area contributed by atoms with Crippen LogP contribution in [0.3, 0.4) is 0 Å². The topological polar surface area (TPSA) is 53.1 Å². The summed E-state index contributed by atoms with van der Waals surface area (Å²) in [6, 6.07) is 21.4. The lowest BCUT2D eigenvalue weighted by atomic mass is 9.91. The van der Waals surface area contributed by atoms with Crippen LogP contribution < -0.4 is 0 Å². The van der Waals surface area contributed by atoms with Gasteiger partial charge >= 0.3 is 6.09 Å². The molecule has 6 heteroatoms. The van der Waals surface area contributed by atoms with Crippen LogP contribution >= 0.6 is 0 Å². The highest BCUT2D eigenvalue weighted by molar-refractivity contribution is 5.82. The molecule has 4 rings (SSSR count). The fourth-order valence-electron chi connectivity index (χ4n) is 4.88. The van der Waals surface area contributed by atoms with E-state index in [1.54, 1.807) is 11.8 Å². The Kier molecular flexibility index (Phi) is 6.86. The number of likely N-dealkylation sites (tertiary alicyclic amines) is 1. The minimum Gasteiger partial charge on any atom is -0.444 e. The molecule has 33 heavy (non-hydrogen) atoms. The molecule has 2 aromatic carbocycles. The number of hydrogen-bond donors (Lipinski definition) is 0. The summed E-state index contributed by atoms with van der Waals surface area (Å²) in [5, 5.41) is 0. The fourth-order valence-corrected chi connectivity index (χ4v) is 4.88. The molecular weight excluding hydrogens is 414 g/mol. The molecule has 2 fully saturated rings. The SMILES string of the molecule is CC(=O)C1CN(C(=O)OC(C)(C)C)CCN1C1CN(C(c2ccccc2)c2ccccc2)C1. The molecule has 0 aromatic heterocycles. The lowest BCUT2D eigenvalue weighted by Crippen LogP contribution is -2.68. The molecule has 176 valence electrons. The van der Waals surface area contributed by atoms with E-state index in [-0.39, 0.29) is 24.0 Å². The molecule has 2 aliphatic heterocycles. The number of Topliss-reactive ketones (excluding diaryl/α,β-unsaturated/α-hetero) is 1. The molecule has 2 aliphatic rings. The summed E-state index contributed by atoms with van der Waals surface area (Å²) >= 11 is 0. The van der Waals surface area contributed by atoms with Gasteiger partial charge in [-0.2, -0.15) is 0 Å². The van der Waals surface area contributed by atoms with E-state index < -0.39 is 5.60 Å². The number of ketones is 1. The molecule has 0 saturated carbocycles. The maximum absolute atomic E-state index is 12.6. The van der Waals surface area contributed by atoms with Crippen LogP contribution in [0.25, 0.3) is 0 Å². The quantitative estimate of drug-likeness (QED) is 0.691. The van der Waals surface area contributed by atoms with Crippen molar-refractivity contribution in [1.29, 1.82) is 0 Å². The van der Waals surface area contributed by atoms with Gasteiger partial charge in [-0.15, -0.1) is 0 Å². The van der Waals surface area contributed by atoms with Gasteiger partial charge < -0.3 is 9.64 Å². The molecule has 2 heterocycles. The summed E-state index contributed by atoms with van der Waals surface area (Å²) in [7, 11) is 0. The molecular formula is C27H35N3O3. The zero-order valence-corrected chi connectivity index (χ0v) is 20.1. The van der Waals surface area contributed by atoms with Gasteiger partial charge in [-0.1, -0.05) is 60.7 Å². The second-order valence-electron chi connectivity index (χ2n) is 10.1. The molecule has 2 aromatic rings. The van der Waals surface area contributed by atoms with E-state index in [0.29, 0.717) is 25.7 Å². The van der Waals surface area contributed by atoms with Crippen LogP contribution in [0.5, 0.6) is 0 Å². The smallest absolute Gasteiger partial charge is 0.410 e. The number of hydrogen-bond acceptors (Lipinski definition) is 5. The van der Waals surface area contributed by atoms with Crippen molar-refractivity contribution in [3.8, 4) is 0 Å². The highest BCUT2D eigenvalue weighted by atomic mass is 16.6. The maximum atomic E-state index is 12.6. The summed E-state index contributed by atoms with van der Waals surface area (Å²) in [6.07, 6.45) is -0.336. The van der Waals surface area contributed by atoms with Gasteiger partial charge in [-0.25, -0.2) is 4.79 Å². The van der Waals surface area contributed by atoms with Crippen molar-refractivity contribution in [3.63, 3.8) is 0 Å². The molecule has 6 nitrogen and oxygen atoms in total. The van der Waals surface area contributed by atoms with E-state index in [0.717, 1.165) is 13.1 Å². The lowest BCUT2D eigenvalue weighted by molar-refractivity contribution is -0.128. The minimum absolute atomic E-state index is 0.101. The van der Waals surface area contributed by atoms with E-state index in [1.807, 2.05) is 32.9 Å². The van der Waals surface area contributed by atoms with Crippen molar-refractivity contribution < 1.29 is 14.3 Å². The second kappa shape index (κ2) is 9.65. The second-order valence-corrected chi connectivity index (χ2v) is 10.1. The van der Waals surface area contributed by atoms with Gasteiger partial charge in [0.25, 0.3) is 0 Å². The zero-order valence-electron chi connectivity index (χ0n) is 20.1. The van der Waals surface area contributed by atoms with E-state index in [2.05, 4.69) is 58.3 Å². The Hall–Kier alpha value is -2.70. The first-order valence-corrected chi connectivity index (χ1v) is 11.8. The Morgan fingerprint density at radius 3 is 1.91 bits per heavy atom. The van der Waals surface area contributed by atoms with Crippen LogP contribution in [-0.4, -0.2) is 77.0 Å². The molecule has 1 atom stereocenters. The number of carbonyl (C=O) groups excluding carboxylic acids is 2. The Bertz CT molecular complexity index is 912. The molecule has 0 aliphatic carbocycles. The Balaban J connectivity index is 1.45. The van der Waals surface area contributed by atoms with E-state index >= 15 is 0 Å². The third kappa shape index (κ3) is 5.45. The first kappa shape index (κ1) is 23.5. The van der Waals surface area contributed by atoms with Crippen LogP contribution in [0.2, 0.25) is 0 Å². The fraction of sp³-hybridized carbons (Fsp3) is 0.481. The predicted molar refractivity (Wildman–Crippen MR) is 129 cm³/mol. The first-order valence-electron chi connectivity index (χ1n) is 11.8. The Labute approximate surface area is 197 Å². The number of nitrogens with zero attached hydrogens (tertiary/aromatic N) is 3. The molecule has 0 N–H and O–H groups in total. The number of benzene rings is 2. The number of carbonyl (C=O) groups is 2. The van der Waals surface area contributed by atoms with Gasteiger partial charge in [0, 0.05) is 38.8 Å². The van der Waals surface area contributed by atoms with Crippen LogP contribution in [0.1, 0.15) is 44.9 Å². The average molecular weight is 450 g/mol. The summed E-state index contributed by atoms with van der Waals surface area (Å²) in [5.41, 5.74) is 2.01. The van der Waals surface area contributed by atoms with Crippen molar-refractivity contribution in [2.45, 2.75) is 51.4 Å². The van der Waals surface area contributed by atoms with Gasteiger partial charge in [0.2, 0.25) is 0 Å². The highest BCUT2D eigenvalue weighted by Crippen LogP contribution is 2.34. The Morgan fingerprint density at radius 1 is 0.879 bits per heavy atom. The van der Waals surface area contributed by atoms with Gasteiger partial charge in [-0.3, -0.25) is 14.6 Å². The third-order valence-corrected chi connectivity index (χ3v) is 6.50. The van der Waals surface area contributed by atoms with E-state index in [9.17, 15) is 9.59 Å². The first-order chi connectivity index (χ1) is 15.7. The van der Waals surface area contributed by atoms with Crippen molar-refractivity contribution in [2.24, 2.45) is 0 Å². The molecule has 0 spiro atoms. The lowest BCUT2D eigenvalue weighted by Gasteiger charge is -2.53. The van der Waals surface area contributed by atoms with Gasteiger partial charge in [0.1, 0.15) is 11.4 Å². The molecule has 1 amide bonds. The number of ether oxygens (including phenoxy) is 1. The maximum Gasteiger partial charge on any atom is 0.410 e. The molecule has 0 bridgehead atoms. The van der Waals surface area contributed by atoms with E-state index in [1.165, 1.54) is 11.1 Å². The predicted octanol–water partition coefficient (Wildman–Crippen LogP) is 3.97. The summed E-state index contributed by atoms with van der Waals surface area (Å²) < 4.78 is 5.54. The van der Waals surface area contributed by atoms with Crippen molar-refractivity contribution in [1.82, 2.24) is 14.7 Å². The van der Waals surface area contributed by atoms with Gasteiger partial charge in [-0.05, 0) is 38.8 Å². The van der Waals surface area contributed by atoms with Crippen LogP contribution in [0.4, 0.5) is 4.79 Å². The standard InChI is InChI=1S/C27H35N3O3/c1-20(31)24-19-28(26(32)33-27(2,3)4)15-16-30(24)23-17-29(18-23)25(21-11-7-5-8-12-21)22-13-9-6-10-14-22/h5-14,23-25H,15-19H2,1-4H3. The van der Waals surface area contributed by atoms with Gasteiger partial charge in [0.15, 0.2) is 0 Å². The Morgan fingerprint density at radius 2 is 1.42 bits per heavy atom. The average Bonchev–Trinajstić information content (AvgIpc) is 2.75. The summed E-state index contributed by atoms with van der Waals surface area (Å²) in [6.45, 7) is 10.7. The number of piperazine rings is 1. The van der Waals surface area contributed by atoms with Crippen LogP contribution in [-0.2, 0) is 9.53 Å². The zero-order chi connectivity index (χ0) is 23.6. The number of rotatable bonds is 5. The largest absolute Gasteiger partial charge is 0.444 e. The van der Waals surface area contributed by atoms with Gasteiger partial charge in [0.05, 0.1) is 12.1 Å². The number of amides is 1. The van der Waals surface area contributed by atoms with Crippen LogP contribution in [0.15, 0.2) is 60.7 Å². The molecule has 0 radical (unpaired) electrons. The normalized spacial score (nSPS) is 20.5. The minimum atomic E-state index is -0.543. The monoisotopic (exact) mass is 449 g/mol. The molecule has 2 saturated heterocycles. The summed E-state index contributed by atoms with van der Waals surface area (Å²) in [5.74, 6) is 0.101. The van der Waals surface area contributed by atoms with Crippen molar-refractivity contribution in [3.05, 3.63) is 71.8 Å². The summed E-state index contributed by atoms with van der Waals surface area (Å²) in [4.78, 5) is 31.6. The van der Waals surface area contributed by atoms with E-state index in [4.69, 9.17) is 4.74 Å². The highest BCUT2D eigenvalue weighted by Gasteiger charge is 2.43.